The number of carbonyl (C=O) groups is 3. The van der Waals surface area contributed by atoms with Crippen LogP contribution in [-0.4, -0.2) is 33.2 Å². The molecule has 26 heavy (non-hydrogen) atoms. The van der Waals surface area contributed by atoms with Gasteiger partial charge in [-0.25, -0.2) is 0 Å². The lowest BCUT2D eigenvalue weighted by Gasteiger charge is -2.40. The van der Waals surface area contributed by atoms with Gasteiger partial charge in [-0.1, -0.05) is 27.7 Å². The maximum atomic E-state index is 13.5. The second kappa shape index (κ2) is 5.06. The number of aliphatic hydroxyl groups excluding tert-OH is 1. The lowest BCUT2D eigenvalue weighted by Crippen LogP contribution is -2.49. The zero-order valence-electron chi connectivity index (χ0n) is 16.8. The minimum Gasteiger partial charge on any atom is -0.510 e. The minimum atomic E-state index is -1.31. The quantitative estimate of drug-likeness (QED) is 0.595. The number of fused-ring (bicyclic) bond motifs is 1. The number of Topliss-reactive ketones (excluding diaryl/α,β-unsaturated/α-hetero) is 3. The van der Waals surface area contributed by atoms with E-state index in [9.17, 15) is 24.6 Å². The number of rotatable bonds is 3. The van der Waals surface area contributed by atoms with Crippen molar-refractivity contribution >= 4 is 17.3 Å². The summed E-state index contributed by atoms with van der Waals surface area (Å²) >= 11 is 0. The first-order valence-corrected chi connectivity index (χ1v) is 9.43. The van der Waals surface area contributed by atoms with E-state index >= 15 is 0 Å². The Bertz CT molecular complexity index is 751. The Labute approximate surface area is 154 Å². The number of ketones is 3. The monoisotopic (exact) mass is 362 g/mol. The van der Waals surface area contributed by atoms with Crippen molar-refractivity contribution < 1.29 is 24.6 Å². The van der Waals surface area contributed by atoms with Crippen LogP contribution in [0.4, 0.5) is 0 Å². The average Bonchev–Trinajstić information content (AvgIpc) is 2.85. The van der Waals surface area contributed by atoms with E-state index in [1.807, 2.05) is 13.8 Å². The zero-order chi connectivity index (χ0) is 20.0. The van der Waals surface area contributed by atoms with Crippen molar-refractivity contribution in [1.82, 2.24) is 0 Å². The largest absolute Gasteiger partial charge is 0.510 e. The molecule has 5 nitrogen and oxygen atoms in total. The lowest BCUT2D eigenvalue weighted by atomic mass is 9.64. The van der Waals surface area contributed by atoms with Gasteiger partial charge in [0.05, 0.1) is 16.4 Å². The molecule has 1 spiro atoms. The minimum absolute atomic E-state index is 0.184. The predicted octanol–water partition coefficient (Wildman–Crippen LogP) is 3.01. The molecular weight excluding hydrogens is 332 g/mol. The fourth-order valence-corrected chi connectivity index (χ4v) is 6.13. The summed E-state index contributed by atoms with van der Waals surface area (Å²) in [5.41, 5.74) is -4.21. The Morgan fingerprint density at radius 3 is 2.15 bits per heavy atom. The molecule has 144 valence electrons. The van der Waals surface area contributed by atoms with E-state index in [0.29, 0.717) is 6.42 Å². The van der Waals surface area contributed by atoms with E-state index in [1.165, 1.54) is 0 Å². The van der Waals surface area contributed by atoms with Gasteiger partial charge in [-0.3, -0.25) is 14.4 Å². The van der Waals surface area contributed by atoms with Gasteiger partial charge in [-0.2, -0.15) is 0 Å². The van der Waals surface area contributed by atoms with Crippen molar-refractivity contribution in [3.05, 3.63) is 11.3 Å². The fraction of sp³-hybridized carbons (Fsp3) is 0.762. The van der Waals surface area contributed by atoms with Gasteiger partial charge in [-0.05, 0) is 50.9 Å². The van der Waals surface area contributed by atoms with Crippen LogP contribution in [0.25, 0.3) is 0 Å². The standard InChI is InChI=1S/C21H30O5/c1-10(2)14(22)13-15(23)20(7)8-12-18(3,4)11(19(5,6)26)9-21(12,16(13)24)17(20)25/h10-12,23,26H,8-9H2,1-7H3/t11-,12+,20+,21+/m1/s1. The van der Waals surface area contributed by atoms with Crippen molar-refractivity contribution in [2.45, 2.75) is 66.9 Å². The number of aliphatic hydroxyl groups is 2. The predicted molar refractivity (Wildman–Crippen MR) is 96.3 cm³/mol. The van der Waals surface area contributed by atoms with E-state index in [4.69, 9.17) is 0 Å². The van der Waals surface area contributed by atoms with Crippen molar-refractivity contribution in [3.63, 3.8) is 0 Å². The van der Waals surface area contributed by atoms with Crippen molar-refractivity contribution in [3.8, 4) is 0 Å². The fourth-order valence-electron chi connectivity index (χ4n) is 6.13. The number of hydrogen-bond donors (Lipinski definition) is 2. The third-order valence-corrected chi connectivity index (χ3v) is 7.45. The van der Waals surface area contributed by atoms with Crippen LogP contribution in [0.15, 0.2) is 11.3 Å². The van der Waals surface area contributed by atoms with Crippen LogP contribution in [-0.2, 0) is 14.4 Å². The van der Waals surface area contributed by atoms with E-state index in [-0.39, 0.29) is 35.4 Å². The first-order chi connectivity index (χ1) is 11.6. The summed E-state index contributed by atoms with van der Waals surface area (Å²) in [5.74, 6) is -2.57. The smallest absolute Gasteiger partial charge is 0.183 e. The Morgan fingerprint density at radius 2 is 1.69 bits per heavy atom. The van der Waals surface area contributed by atoms with Gasteiger partial charge in [0, 0.05) is 5.92 Å². The Morgan fingerprint density at radius 1 is 1.15 bits per heavy atom. The highest BCUT2D eigenvalue weighted by molar-refractivity contribution is 6.32. The summed E-state index contributed by atoms with van der Waals surface area (Å²) < 4.78 is 0. The summed E-state index contributed by atoms with van der Waals surface area (Å²) in [7, 11) is 0. The second-order valence-corrected chi connectivity index (χ2v) is 10.2. The van der Waals surface area contributed by atoms with Gasteiger partial charge in [0.15, 0.2) is 17.3 Å². The van der Waals surface area contributed by atoms with Crippen LogP contribution in [0, 0.1) is 34.0 Å². The number of hydrogen-bond acceptors (Lipinski definition) is 5. The lowest BCUT2D eigenvalue weighted by molar-refractivity contribution is -0.144. The maximum absolute atomic E-state index is 13.5. The van der Waals surface area contributed by atoms with E-state index in [0.717, 1.165) is 0 Å². The number of carbonyl (C=O) groups excluding carboxylic acids is 3. The average molecular weight is 362 g/mol. The maximum Gasteiger partial charge on any atom is 0.183 e. The molecule has 0 amide bonds. The summed E-state index contributed by atoms with van der Waals surface area (Å²) in [5, 5.41) is 21.5. The Kier molecular flexibility index (Phi) is 3.75. The topological polar surface area (TPSA) is 91.7 Å². The Balaban J connectivity index is 2.25. The molecule has 2 N–H and O–H groups in total. The molecule has 3 aliphatic rings. The van der Waals surface area contributed by atoms with Crippen LogP contribution < -0.4 is 0 Å². The van der Waals surface area contributed by atoms with Crippen molar-refractivity contribution in [2.75, 3.05) is 0 Å². The van der Waals surface area contributed by atoms with E-state index in [1.54, 1.807) is 34.6 Å². The molecule has 0 aromatic heterocycles. The number of allylic oxidation sites excluding steroid dienone is 2. The normalized spacial score (nSPS) is 39.0. The van der Waals surface area contributed by atoms with Gasteiger partial charge in [0.25, 0.3) is 0 Å². The summed E-state index contributed by atoms with van der Waals surface area (Å²) in [6, 6.07) is 0. The van der Waals surface area contributed by atoms with Crippen LogP contribution in [0.3, 0.4) is 0 Å². The molecule has 0 radical (unpaired) electrons. The molecule has 5 heteroatoms. The molecule has 0 aliphatic heterocycles. The summed E-state index contributed by atoms with van der Waals surface area (Å²) in [6.07, 6.45) is 0.557. The third-order valence-electron chi connectivity index (χ3n) is 7.45. The summed E-state index contributed by atoms with van der Waals surface area (Å²) in [4.78, 5) is 39.7. The van der Waals surface area contributed by atoms with Crippen LogP contribution >= 0.6 is 0 Å². The molecule has 0 aromatic rings. The van der Waals surface area contributed by atoms with Gasteiger partial charge in [0.2, 0.25) is 0 Å². The zero-order valence-corrected chi connectivity index (χ0v) is 16.8. The highest BCUT2D eigenvalue weighted by atomic mass is 16.3. The summed E-state index contributed by atoms with van der Waals surface area (Å²) in [6.45, 7) is 12.4. The molecule has 3 rings (SSSR count). The third kappa shape index (κ3) is 1.98. The van der Waals surface area contributed by atoms with E-state index in [2.05, 4.69) is 0 Å². The Hall–Kier alpha value is -1.49. The van der Waals surface area contributed by atoms with E-state index < -0.39 is 39.3 Å². The molecule has 4 atom stereocenters. The first-order valence-electron chi connectivity index (χ1n) is 9.43. The second-order valence-electron chi connectivity index (χ2n) is 10.2. The highest BCUT2D eigenvalue weighted by Gasteiger charge is 2.77. The van der Waals surface area contributed by atoms with Crippen LogP contribution in [0.2, 0.25) is 0 Å². The van der Waals surface area contributed by atoms with Gasteiger partial charge < -0.3 is 10.2 Å². The molecule has 2 bridgehead atoms. The van der Waals surface area contributed by atoms with Gasteiger partial charge in [-0.15, -0.1) is 0 Å². The first kappa shape index (κ1) is 19.3. The molecule has 2 saturated carbocycles. The van der Waals surface area contributed by atoms with Gasteiger partial charge >= 0.3 is 0 Å². The molecule has 2 fully saturated rings. The molecule has 0 heterocycles. The highest BCUT2D eigenvalue weighted by Crippen LogP contribution is 2.72. The van der Waals surface area contributed by atoms with Crippen molar-refractivity contribution in [1.29, 1.82) is 0 Å². The van der Waals surface area contributed by atoms with Gasteiger partial charge in [0.1, 0.15) is 11.3 Å². The molecule has 0 unspecified atom stereocenters. The van der Waals surface area contributed by atoms with Crippen LogP contribution in [0.1, 0.15) is 61.3 Å². The molecule has 0 saturated heterocycles. The molecular formula is C21H30O5. The van der Waals surface area contributed by atoms with Crippen LogP contribution in [0.5, 0.6) is 0 Å². The SMILES string of the molecule is CC(C)C(=O)C1=C(O)[C@]2(C)C[C@H]3C(C)(C)[C@H](C(C)(C)O)C[C@]3(C1=O)C2=O. The molecule has 0 aromatic carbocycles. The molecule has 3 aliphatic carbocycles. The van der Waals surface area contributed by atoms with Crippen molar-refractivity contribution in [2.24, 2.45) is 34.0 Å².